The van der Waals surface area contributed by atoms with Crippen LogP contribution in [0.2, 0.25) is 0 Å². The molecule has 96 valence electrons. The van der Waals surface area contributed by atoms with E-state index in [2.05, 4.69) is 41.5 Å². The maximum atomic E-state index is 11.4. The molecule has 0 spiro atoms. The van der Waals surface area contributed by atoms with Gasteiger partial charge in [0.25, 0.3) is 11.7 Å². The molecule has 2 N–H and O–H groups in total. The number of nitrogens with zero attached hydrogens (tertiary/aromatic N) is 2. The molecule has 0 bridgehead atoms. The summed E-state index contributed by atoms with van der Waals surface area (Å²) < 4.78 is 4.98. The molecule has 0 aliphatic rings. The Morgan fingerprint density at radius 2 is 2.12 bits per heavy atom. The van der Waals surface area contributed by atoms with Crippen LogP contribution in [0.15, 0.2) is 4.52 Å². The van der Waals surface area contributed by atoms with Crippen molar-refractivity contribution in [1.29, 1.82) is 0 Å². The van der Waals surface area contributed by atoms with E-state index >= 15 is 0 Å². The minimum Gasteiger partial charge on any atom is -0.349 e. The number of hydrogen-bond acceptors (Lipinski definition) is 5. The molecular formula is C11H20N4O2. The normalized spacial score (nSPS) is 11.5. The Morgan fingerprint density at radius 3 is 2.71 bits per heavy atom. The van der Waals surface area contributed by atoms with Gasteiger partial charge in [0.15, 0.2) is 0 Å². The maximum absolute atomic E-state index is 11.4. The number of amides is 1. The molecule has 1 aromatic rings. The average Bonchev–Trinajstić information content (AvgIpc) is 2.65. The van der Waals surface area contributed by atoms with E-state index < -0.39 is 0 Å². The molecular weight excluding hydrogens is 220 g/mol. The molecule has 0 radical (unpaired) electrons. The number of hydrogen-bond donors (Lipinski definition) is 2. The van der Waals surface area contributed by atoms with Crippen LogP contribution in [0.3, 0.4) is 0 Å². The molecule has 0 fully saturated rings. The van der Waals surface area contributed by atoms with Gasteiger partial charge in [0.2, 0.25) is 5.89 Å². The highest BCUT2D eigenvalue weighted by atomic mass is 16.5. The van der Waals surface area contributed by atoms with Gasteiger partial charge in [0, 0.05) is 25.0 Å². The standard InChI is InChI=1S/C11H20N4O2/c1-5-12-10(16)9-14-8(17-15-9)6-7-13-11(2,3)4/h13H,5-7H2,1-4H3,(H,12,16). The molecule has 0 atom stereocenters. The second-order valence-corrected chi connectivity index (χ2v) is 4.80. The molecule has 17 heavy (non-hydrogen) atoms. The molecule has 6 heteroatoms. The number of carbonyl (C=O) groups excluding carboxylic acids is 1. The fraction of sp³-hybridized carbons (Fsp3) is 0.727. The average molecular weight is 240 g/mol. The lowest BCUT2D eigenvalue weighted by Crippen LogP contribution is -2.37. The van der Waals surface area contributed by atoms with Crippen LogP contribution in [0, 0.1) is 0 Å². The van der Waals surface area contributed by atoms with Crippen LogP contribution in [0.4, 0.5) is 0 Å². The van der Waals surface area contributed by atoms with Crippen molar-refractivity contribution in [2.75, 3.05) is 13.1 Å². The van der Waals surface area contributed by atoms with E-state index in [4.69, 9.17) is 4.52 Å². The lowest BCUT2D eigenvalue weighted by molar-refractivity contribution is 0.0942. The summed E-state index contributed by atoms with van der Waals surface area (Å²) in [7, 11) is 0. The first kappa shape index (κ1) is 13.6. The van der Waals surface area contributed by atoms with Gasteiger partial charge in [0.05, 0.1) is 0 Å². The predicted molar refractivity (Wildman–Crippen MR) is 63.8 cm³/mol. The Bertz CT molecular complexity index is 368. The van der Waals surface area contributed by atoms with Gasteiger partial charge in [-0.3, -0.25) is 4.79 Å². The lowest BCUT2D eigenvalue weighted by Gasteiger charge is -2.19. The number of nitrogens with one attached hydrogen (secondary N) is 2. The third kappa shape index (κ3) is 4.95. The molecule has 0 saturated heterocycles. The maximum Gasteiger partial charge on any atom is 0.292 e. The van der Waals surface area contributed by atoms with E-state index in [1.165, 1.54) is 0 Å². The molecule has 0 saturated carbocycles. The van der Waals surface area contributed by atoms with Crippen LogP contribution >= 0.6 is 0 Å². The molecule has 0 aliphatic carbocycles. The van der Waals surface area contributed by atoms with Crippen LogP contribution in [-0.4, -0.2) is 34.7 Å². The van der Waals surface area contributed by atoms with Crippen molar-refractivity contribution in [3.63, 3.8) is 0 Å². The summed E-state index contributed by atoms with van der Waals surface area (Å²) in [4.78, 5) is 15.4. The highest BCUT2D eigenvalue weighted by molar-refractivity contribution is 5.90. The number of carbonyl (C=O) groups is 1. The van der Waals surface area contributed by atoms with Gasteiger partial charge in [-0.25, -0.2) is 0 Å². The second kappa shape index (κ2) is 5.77. The molecule has 1 rings (SSSR count). The van der Waals surface area contributed by atoms with E-state index in [0.717, 1.165) is 6.54 Å². The van der Waals surface area contributed by atoms with Crippen molar-refractivity contribution in [1.82, 2.24) is 20.8 Å². The summed E-state index contributed by atoms with van der Waals surface area (Å²) in [6.07, 6.45) is 0.615. The predicted octanol–water partition coefficient (Wildman–Crippen LogP) is 0.750. The first-order valence-electron chi connectivity index (χ1n) is 5.78. The molecule has 1 aromatic heterocycles. The topological polar surface area (TPSA) is 80.0 Å². The van der Waals surface area contributed by atoms with Gasteiger partial charge in [-0.05, 0) is 27.7 Å². The van der Waals surface area contributed by atoms with E-state index in [0.29, 0.717) is 18.9 Å². The third-order valence-corrected chi connectivity index (χ3v) is 2.00. The number of rotatable bonds is 5. The Morgan fingerprint density at radius 1 is 1.41 bits per heavy atom. The Balaban J connectivity index is 2.43. The van der Waals surface area contributed by atoms with Crippen molar-refractivity contribution in [2.45, 2.75) is 39.7 Å². The van der Waals surface area contributed by atoms with Crippen molar-refractivity contribution in [3.8, 4) is 0 Å². The minimum absolute atomic E-state index is 0.0580. The lowest BCUT2D eigenvalue weighted by atomic mass is 10.1. The molecule has 0 aliphatic heterocycles. The van der Waals surface area contributed by atoms with Gasteiger partial charge in [-0.2, -0.15) is 4.98 Å². The highest BCUT2D eigenvalue weighted by Gasteiger charge is 2.14. The summed E-state index contributed by atoms with van der Waals surface area (Å²) in [5.41, 5.74) is 0.0580. The first-order valence-corrected chi connectivity index (χ1v) is 5.78. The van der Waals surface area contributed by atoms with Crippen molar-refractivity contribution < 1.29 is 9.32 Å². The summed E-state index contributed by atoms with van der Waals surface area (Å²) in [5.74, 6) is 0.270. The molecule has 0 unspecified atom stereocenters. The number of aromatic nitrogens is 2. The van der Waals surface area contributed by atoms with E-state index in [1.807, 2.05) is 6.92 Å². The van der Waals surface area contributed by atoms with Crippen LogP contribution < -0.4 is 10.6 Å². The van der Waals surface area contributed by atoms with Gasteiger partial charge < -0.3 is 15.2 Å². The molecule has 6 nitrogen and oxygen atoms in total. The summed E-state index contributed by atoms with van der Waals surface area (Å²) in [6.45, 7) is 9.38. The molecule has 0 aromatic carbocycles. The van der Waals surface area contributed by atoms with Gasteiger partial charge in [0.1, 0.15) is 0 Å². The zero-order valence-corrected chi connectivity index (χ0v) is 10.8. The highest BCUT2D eigenvalue weighted by Crippen LogP contribution is 2.01. The minimum atomic E-state index is -0.300. The Kier molecular flexibility index (Phi) is 4.62. The van der Waals surface area contributed by atoms with Crippen LogP contribution in [-0.2, 0) is 6.42 Å². The fourth-order valence-electron chi connectivity index (χ4n) is 1.23. The van der Waals surface area contributed by atoms with E-state index in [1.54, 1.807) is 0 Å². The third-order valence-electron chi connectivity index (χ3n) is 2.00. The van der Waals surface area contributed by atoms with Crippen molar-refractivity contribution in [2.24, 2.45) is 0 Å². The Labute approximate surface area is 101 Å². The van der Waals surface area contributed by atoms with Crippen LogP contribution in [0.1, 0.15) is 44.2 Å². The Hall–Kier alpha value is -1.43. The van der Waals surface area contributed by atoms with Crippen LogP contribution in [0.25, 0.3) is 0 Å². The second-order valence-electron chi connectivity index (χ2n) is 4.80. The fourth-order valence-corrected chi connectivity index (χ4v) is 1.23. The van der Waals surface area contributed by atoms with Gasteiger partial charge in [-0.15, -0.1) is 0 Å². The van der Waals surface area contributed by atoms with E-state index in [9.17, 15) is 4.79 Å². The smallest absolute Gasteiger partial charge is 0.292 e. The largest absolute Gasteiger partial charge is 0.349 e. The summed E-state index contributed by atoms with van der Waals surface area (Å²) >= 11 is 0. The van der Waals surface area contributed by atoms with Crippen molar-refractivity contribution in [3.05, 3.63) is 11.7 Å². The summed E-state index contributed by atoms with van der Waals surface area (Å²) in [6, 6.07) is 0. The molecule has 1 amide bonds. The monoisotopic (exact) mass is 240 g/mol. The zero-order valence-electron chi connectivity index (χ0n) is 10.8. The van der Waals surface area contributed by atoms with Gasteiger partial charge in [-0.1, -0.05) is 5.16 Å². The quantitative estimate of drug-likeness (QED) is 0.794. The molecule has 1 heterocycles. The zero-order chi connectivity index (χ0) is 12.9. The SMILES string of the molecule is CCNC(=O)c1noc(CCNC(C)(C)C)n1. The van der Waals surface area contributed by atoms with E-state index in [-0.39, 0.29) is 17.3 Å². The van der Waals surface area contributed by atoms with Crippen LogP contribution in [0.5, 0.6) is 0 Å². The van der Waals surface area contributed by atoms with Crippen molar-refractivity contribution >= 4 is 5.91 Å². The van der Waals surface area contributed by atoms with Gasteiger partial charge >= 0.3 is 0 Å². The summed E-state index contributed by atoms with van der Waals surface area (Å²) in [5, 5.41) is 9.55. The first-order chi connectivity index (χ1) is 7.92.